The third kappa shape index (κ3) is 4.92. The Bertz CT molecular complexity index is 330. The summed E-state index contributed by atoms with van der Waals surface area (Å²) in [4.78, 5) is 13.7. The number of carbonyl (C=O) groups excluding carboxylic acids is 1. The van der Waals surface area contributed by atoms with Crippen molar-refractivity contribution in [2.45, 2.75) is 58.2 Å². The van der Waals surface area contributed by atoms with Crippen LogP contribution < -0.4 is 5.32 Å². The third-order valence-corrected chi connectivity index (χ3v) is 2.91. The van der Waals surface area contributed by atoms with E-state index in [0.717, 1.165) is 19.4 Å². The van der Waals surface area contributed by atoms with Crippen LogP contribution in [0.3, 0.4) is 0 Å². The molecule has 0 aromatic carbocycles. The monoisotopic (exact) mass is 253 g/mol. The molecule has 5 nitrogen and oxygen atoms in total. The van der Waals surface area contributed by atoms with Crippen molar-refractivity contribution >= 4 is 6.09 Å². The van der Waals surface area contributed by atoms with Gasteiger partial charge in [0.2, 0.25) is 0 Å². The molecule has 1 amide bonds. The number of nitrogens with one attached hydrogen (secondary N) is 1. The Morgan fingerprint density at radius 1 is 1.56 bits per heavy atom. The summed E-state index contributed by atoms with van der Waals surface area (Å²) in [7, 11) is 0. The number of alkyl carbamates (subject to hydrolysis) is 1. The van der Waals surface area contributed by atoms with Crippen LogP contribution in [0.25, 0.3) is 0 Å². The fourth-order valence-corrected chi connectivity index (χ4v) is 2.03. The summed E-state index contributed by atoms with van der Waals surface area (Å²) in [6.07, 6.45) is 1.55. The molecule has 1 aliphatic heterocycles. The van der Waals surface area contributed by atoms with Crippen LogP contribution in [0.2, 0.25) is 0 Å². The number of likely N-dealkylation sites (tertiary alicyclic amines) is 1. The maximum atomic E-state index is 11.7. The predicted molar refractivity (Wildman–Crippen MR) is 69.0 cm³/mol. The van der Waals surface area contributed by atoms with Gasteiger partial charge in [-0.15, -0.1) is 0 Å². The number of hydrogen-bond donors (Lipinski definition) is 1. The van der Waals surface area contributed by atoms with E-state index in [9.17, 15) is 4.79 Å². The molecule has 0 spiro atoms. The molecule has 1 fully saturated rings. The molecule has 0 aliphatic carbocycles. The van der Waals surface area contributed by atoms with Crippen molar-refractivity contribution in [2.75, 3.05) is 13.1 Å². The lowest BCUT2D eigenvalue weighted by Gasteiger charge is -2.34. The highest BCUT2D eigenvalue weighted by molar-refractivity contribution is 5.68. The van der Waals surface area contributed by atoms with Gasteiger partial charge in [0, 0.05) is 12.6 Å². The third-order valence-electron chi connectivity index (χ3n) is 2.91. The second kappa shape index (κ2) is 6.05. The van der Waals surface area contributed by atoms with Crippen LogP contribution in [0.1, 0.15) is 40.5 Å². The molecule has 2 atom stereocenters. The van der Waals surface area contributed by atoms with Crippen molar-refractivity contribution in [3.8, 4) is 6.07 Å². The molecule has 1 saturated heterocycles. The first kappa shape index (κ1) is 14.8. The highest BCUT2D eigenvalue weighted by Gasteiger charge is 2.26. The molecule has 102 valence electrons. The van der Waals surface area contributed by atoms with Crippen LogP contribution in [-0.4, -0.2) is 41.8 Å². The first-order chi connectivity index (χ1) is 8.31. The largest absolute Gasteiger partial charge is 0.444 e. The number of hydrogen-bond acceptors (Lipinski definition) is 4. The van der Waals surface area contributed by atoms with Gasteiger partial charge in [-0.2, -0.15) is 5.26 Å². The summed E-state index contributed by atoms with van der Waals surface area (Å²) >= 11 is 0. The molecule has 1 aliphatic rings. The van der Waals surface area contributed by atoms with E-state index < -0.39 is 5.60 Å². The van der Waals surface area contributed by atoms with Crippen molar-refractivity contribution in [3.05, 3.63) is 0 Å². The number of piperidine rings is 1. The number of nitrogens with zero attached hydrogens (tertiary/aromatic N) is 2. The number of rotatable bonds is 2. The Hall–Kier alpha value is -1.28. The molecule has 2 unspecified atom stereocenters. The molecule has 0 aromatic rings. The molecule has 5 heteroatoms. The van der Waals surface area contributed by atoms with Crippen LogP contribution >= 0.6 is 0 Å². The molecule has 1 heterocycles. The lowest BCUT2D eigenvalue weighted by Crippen LogP contribution is -2.50. The van der Waals surface area contributed by atoms with E-state index in [1.54, 1.807) is 0 Å². The lowest BCUT2D eigenvalue weighted by molar-refractivity contribution is 0.0467. The SMILES string of the molecule is CC(C#N)N1CCCC(NC(=O)OC(C)(C)C)C1. The Morgan fingerprint density at radius 2 is 2.22 bits per heavy atom. The average Bonchev–Trinajstić information content (AvgIpc) is 2.25. The van der Waals surface area contributed by atoms with Crippen LogP contribution in [-0.2, 0) is 4.74 Å². The molecule has 18 heavy (non-hydrogen) atoms. The number of carbonyl (C=O) groups is 1. The fourth-order valence-electron chi connectivity index (χ4n) is 2.03. The summed E-state index contributed by atoms with van der Waals surface area (Å²) in [6.45, 7) is 9.05. The zero-order valence-electron chi connectivity index (χ0n) is 11.7. The fraction of sp³-hybridized carbons (Fsp3) is 0.846. The van der Waals surface area contributed by atoms with E-state index in [-0.39, 0.29) is 18.2 Å². The quantitative estimate of drug-likeness (QED) is 0.816. The van der Waals surface area contributed by atoms with E-state index >= 15 is 0 Å². The minimum absolute atomic E-state index is 0.0735. The van der Waals surface area contributed by atoms with Crippen molar-refractivity contribution in [1.29, 1.82) is 5.26 Å². The van der Waals surface area contributed by atoms with Crippen LogP contribution in [0.5, 0.6) is 0 Å². The number of ether oxygens (including phenoxy) is 1. The maximum Gasteiger partial charge on any atom is 0.407 e. The van der Waals surface area contributed by atoms with Gasteiger partial charge >= 0.3 is 6.09 Å². The van der Waals surface area contributed by atoms with Crippen molar-refractivity contribution in [1.82, 2.24) is 10.2 Å². The van der Waals surface area contributed by atoms with Gasteiger partial charge in [0.25, 0.3) is 0 Å². The Kier molecular flexibility index (Phi) is 4.97. The molecule has 0 aromatic heterocycles. The smallest absolute Gasteiger partial charge is 0.407 e. The zero-order valence-corrected chi connectivity index (χ0v) is 11.7. The first-order valence-corrected chi connectivity index (χ1v) is 6.45. The topological polar surface area (TPSA) is 65.4 Å². The van der Waals surface area contributed by atoms with Crippen LogP contribution in [0, 0.1) is 11.3 Å². The van der Waals surface area contributed by atoms with Gasteiger partial charge in [-0.05, 0) is 47.1 Å². The number of amides is 1. The van der Waals surface area contributed by atoms with E-state index in [0.29, 0.717) is 6.54 Å². The molecule has 1 N–H and O–H groups in total. The first-order valence-electron chi connectivity index (χ1n) is 6.45. The molecular formula is C13H23N3O2. The zero-order chi connectivity index (χ0) is 13.8. The standard InChI is InChI=1S/C13H23N3O2/c1-10(8-14)16-7-5-6-11(9-16)15-12(17)18-13(2,3)4/h10-11H,5-7,9H2,1-4H3,(H,15,17). The summed E-state index contributed by atoms with van der Waals surface area (Å²) < 4.78 is 5.23. The minimum atomic E-state index is -0.474. The summed E-state index contributed by atoms with van der Waals surface area (Å²) in [6, 6.07) is 2.20. The maximum absolute atomic E-state index is 11.7. The van der Waals surface area contributed by atoms with Crippen LogP contribution in [0.15, 0.2) is 0 Å². The van der Waals surface area contributed by atoms with Gasteiger partial charge in [-0.25, -0.2) is 4.79 Å². The predicted octanol–water partition coefficient (Wildman–Crippen LogP) is 1.89. The van der Waals surface area contributed by atoms with Crippen molar-refractivity contribution in [2.24, 2.45) is 0 Å². The molecule has 1 rings (SSSR count). The highest BCUT2D eigenvalue weighted by Crippen LogP contribution is 2.14. The highest BCUT2D eigenvalue weighted by atomic mass is 16.6. The van der Waals surface area contributed by atoms with Gasteiger partial charge in [-0.3, -0.25) is 4.90 Å². The summed E-state index contributed by atoms with van der Waals surface area (Å²) in [5, 5.41) is 11.8. The molecule has 0 saturated carbocycles. The van der Waals surface area contributed by atoms with Gasteiger partial charge in [0.1, 0.15) is 5.60 Å². The second-order valence-electron chi connectivity index (χ2n) is 5.79. The Morgan fingerprint density at radius 3 is 2.78 bits per heavy atom. The van der Waals surface area contributed by atoms with Gasteiger partial charge in [0.05, 0.1) is 12.1 Å². The van der Waals surface area contributed by atoms with Crippen molar-refractivity contribution < 1.29 is 9.53 Å². The van der Waals surface area contributed by atoms with Crippen molar-refractivity contribution in [3.63, 3.8) is 0 Å². The van der Waals surface area contributed by atoms with Crippen LogP contribution in [0.4, 0.5) is 4.79 Å². The van der Waals surface area contributed by atoms with E-state index in [4.69, 9.17) is 10.00 Å². The Balaban J connectivity index is 2.43. The molecule has 0 bridgehead atoms. The summed E-state index contributed by atoms with van der Waals surface area (Å²) in [5.41, 5.74) is -0.474. The average molecular weight is 253 g/mol. The molecule has 0 radical (unpaired) electrons. The van der Waals surface area contributed by atoms with Gasteiger partial charge in [-0.1, -0.05) is 0 Å². The van der Waals surface area contributed by atoms with E-state index in [2.05, 4.69) is 16.3 Å². The Labute approximate surface area is 109 Å². The van der Waals surface area contributed by atoms with E-state index in [1.165, 1.54) is 0 Å². The minimum Gasteiger partial charge on any atom is -0.444 e. The lowest BCUT2D eigenvalue weighted by atomic mass is 10.0. The number of nitriles is 1. The summed E-state index contributed by atoms with van der Waals surface area (Å²) in [5.74, 6) is 0. The van der Waals surface area contributed by atoms with E-state index in [1.807, 2.05) is 27.7 Å². The second-order valence-corrected chi connectivity index (χ2v) is 5.79. The van der Waals surface area contributed by atoms with Gasteiger partial charge < -0.3 is 10.1 Å². The molecular weight excluding hydrogens is 230 g/mol. The van der Waals surface area contributed by atoms with Gasteiger partial charge in [0.15, 0.2) is 0 Å². The normalized spacial score (nSPS) is 22.9.